The van der Waals surface area contributed by atoms with Crippen molar-refractivity contribution in [2.24, 2.45) is 0 Å². The van der Waals surface area contributed by atoms with Crippen molar-refractivity contribution in [1.82, 2.24) is 19.7 Å². The summed E-state index contributed by atoms with van der Waals surface area (Å²) in [6.07, 6.45) is -9.16. The summed E-state index contributed by atoms with van der Waals surface area (Å²) in [6, 6.07) is 6.04. The van der Waals surface area contributed by atoms with Gasteiger partial charge < -0.3 is 5.32 Å². The predicted molar refractivity (Wildman–Crippen MR) is 87.6 cm³/mol. The predicted octanol–water partition coefficient (Wildman–Crippen LogP) is 4.32. The van der Waals surface area contributed by atoms with Crippen LogP contribution in [0.15, 0.2) is 36.7 Å². The van der Waals surface area contributed by atoms with Crippen molar-refractivity contribution < 1.29 is 30.7 Å². The molecule has 0 bridgehead atoms. The minimum atomic E-state index is -5.21. The van der Waals surface area contributed by atoms with Gasteiger partial charge in [-0.1, -0.05) is 0 Å². The fraction of sp³-hybridized carbons (Fsp3) is 0.176. The van der Waals surface area contributed by atoms with Gasteiger partial charge in [-0.25, -0.2) is 9.37 Å². The maximum atomic E-state index is 13.2. The molecular formula is C17H9F7N6. The number of rotatable bonds is 4. The summed E-state index contributed by atoms with van der Waals surface area (Å²) in [4.78, 5) is 3.14. The zero-order valence-corrected chi connectivity index (χ0v) is 14.6. The molecule has 0 spiro atoms. The monoisotopic (exact) mass is 430 g/mol. The fourth-order valence-electron chi connectivity index (χ4n) is 2.51. The van der Waals surface area contributed by atoms with Crippen LogP contribution < -0.4 is 5.32 Å². The molecule has 13 heteroatoms. The van der Waals surface area contributed by atoms with Crippen LogP contribution in [0.5, 0.6) is 0 Å². The van der Waals surface area contributed by atoms with E-state index in [0.717, 1.165) is 12.1 Å². The quantitative estimate of drug-likeness (QED) is 0.624. The summed E-state index contributed by atoms with van der Waals surface area (Å²) >= 11 is 0. The number of nitrogens with one attached hydrogen (secondary N) is 1. The third-order valence-electron chi connectivity index (χ3n) is 3.86. The molecule has 30 heavy (non-hydrogen) atoms. The lowest BCUT2D eigenvalue weighted by Crippen LogP contribution is -2.18. The first kappa shape index (κ1) is 21.0. The number of alkyl halides is 6. The maximum Gasteiger partial charge on any atom is 0.433 e. The molecule has 3 aromatic rings. The molecule has 0 atom stereocenters. The van der Waals surface area contributed by atoms with Crippen molar-refractivity contribution in [3.8, 4) is 11.8 Å². The minimum Gasteiger partial charge on any atom is -0.362 e. The molecule has 3 rings (SSSR count). The lowest BCUT2D eigenvalue weighted by molar-refractivity contribution is -0.145. The number of nitrogens with zero attached hydrogens (tertiary/aromatic N) is 5. The van der Waals surface area contributed by atoms with Crippen LogP contribution >= 0.6 is 0 Å². The van der Waals surface area contributed by atoms with Gasteiger partial charge in [0.15, 0.2) is 5.82 Å². The van der Waals surface area contributed by atoms with E-state index >= 15 is 0 Å². The van der Waals surface area contributed by atoms with Gasteiger partial charge in [-0.15, -0.1) is 10.2 Å². The smallest absolute Gasteiger partial charge is 0.362 e. The van der Waals surface area contributed by atoms with Gasteiger partial charge in [0.1, 0.15) is 35.3 Å². The highest BCUT2D eigenvalue weighted by molar-refractivity contribution is 5.58. The Morgan fingerprint density at radius 3 is 2.27 bits per heavy atom. The first-order chi connectivity index (χ1) is 14.0. The Morgan fingerprint density at radius 2 is 1.70 bits per heavy atom. The van der Waals surface area contributed by atoms with Crippen molar-refractivity contribution in [2.45, 2.75) is 18.9 Å². The van der Waals surface area contributed by atoms with E-state index in [4.69, 9.17) is 5.26 Å². The van der Waals surface area contributed by atoms with E-state index in [9.17, 15) is 30.7 Å². The largest absolute Gasteiger partial charge is 0.433 e. The Labute approximate surface area is 163 Å². The van der Waals surface area contributed by atoms with Crippen LogP contribution in [-0.4, -0.2) is 19.7 Å². The van der Waals surface area contributed by atoms with Gasteiger partial charge in [0.2, 0.25) is 0 Å². The minimum absolute atomic E-state index is 0.0678. The Morgan fingerprint density at radius 1 is 1.03 bits per heavy atom. The third kappa shape index (κ3) is 4.32. The lowest BCUT2D eigenvalue weighted by Gasteiger charge is -2.16. The van der Waals surface area contributed by atoms with Crippen LogP contribution in [0.1, 0.15) is 22.6 Å². The summed E-state index contributed by atoms with van der Waals surface area (Å²) in [5, 5.41) is 18.7. The van der Waals surface area contributed by atoms with Crippen LogP contribution in [0.4, 0.5) is 36.6 Å². The highest BCUT2D eigenvalue weighted by Gasteiger charge is 2.41. The molecule has 6 nitrogen and oxygen atoms in total. The van der Waals surface area contributed by atoms with Crippen LogP contribution in [0, 0.1) is 17.1 Å². The normalized spacial score (nSPS) is 11.9. The summed E-state index contributed by atoms with van der Waals surface area (Å²) in [5.74, 6) is -1.36. The zero-order chi connectivity index (χ0) is 22.1. The number of hydrogen-bond acceptors (Lipinski definition) is 5. The molecule has 1 N–H and O–H groups in total. The van der Waals surface area contributed by atoms with Gasteiger partial charge in [0, 0.05) is 5.69 Å². The number of anilines is 1. The SMILES string of the molecule is N#Cc1c(C(F)(F)F)cc(C(F)(F)F)nc1NCc1nncn1-c1ccc(F)cc1. The number of aromatic nitrogens is 4. The molecule has 2 aromatic heterocycles. The van der Waals surface area contributed by atoms with Gasteiger partial charge in [-0.2, -0.15) is 31.6 Å². The number of benzene rings is 1. The molecular weight excluding hydrogens is 421 g/mol. The molecule has 0 amide bonds. The van der Waals surface area contributed by atoms with Crippen molar-refractivity contribution in [3.05, 3.63) is 65.1 Å². The van der Waals surface area contributed by atoms with Crippen molar-refractivity contribution >= 4 is 5.82 Å². The summed E-state index contributed by atoms with van der Waals surface area (Å²) in [7, 11) is 0. The van der Waals surface area contributed by atoms with Gasteiger partial charge in [0.25, 0.3) is 0 Å². The Kier molecular flexibility index (Phi) is 5.34. The second-order valence-electron chi connectivity index (χ2n) is 5.83. The first-order valence-corrected chi connectivity index (χ1v) is 7.99. The molecule has 156 valence electrons. The summed E-state index contributed by atoms with van der Waals surface area (Å²) in [6.45, 7) is -0.419. The topological polar surface area (TPSA) is 79.4 Å². The van der Waals surface area contributed by atoms with Crippen molar-refractivity contribution in [2.75, 3.05) is 5.32 Å². The Balaban J connectivity index is 1.99. The zero-order valence-electron chi connectivity index (χ0n) is 14.6. The van der Waals surface area contributed by atoms with E-state index < -0.39 is 47.4 Å². The average Bonchev–Trinajstić information content (AvgIpc) is 3.13. The summed E-state index contributed by atoms with van der Waals surface area (Å²) in [5.41, 5.74) is -4.28. The highest BCUT2D eigenvalue weighted by Crippen LogP contribution is 2.38. The summed E-state index contributed by atoms with van der Waals surface area (Å²) < 4.78 is 93.0. The first-order valence-electron chi connectivity index (χ1n) is 7.99. The average molecular weight is 430 g/mol. The van der Waals surface area contributed by atoms with E-state index in [2.05, 4.69) is 20.5 Å². The second-order valence-corrected chi connectivity index (χ2v) is 5.83. The van der Waals surface area contributed by atoms with Crippen LogP contribution in [0.3, 0.4) is 0 Å². The molecule has 0 saturated carbocycles. The molecule has 0 fully saturated rings. The number of hydrogen-bond donors (Lipinski definition) is 1. The van der Waals surface area contributed by atoms with Gasteiger partial charge in [-0.05, 0) is 30.3 Å². The maximum absolute atomic E-state index is 13.2. The van der Waals surface area contributed by atoms with E-state index in [1.54, 1.807) is 0 Å². The number of nitriles is 1. The van der Waals surface area contributed by atoms with Crippen LogP contribution in [-0.2, 0) is 18.9 Å². The molecule has 1 aromatic carbocycles. The van der Waals surface area contributed by atoms with Crippen LogP contribution in [0.2, 0.25) is 0 Å². The molecule has 0 radical (unpaired) electrons. The highest BCUT2D eigenvalue weighted by atomic mass is 19.4. The third-order valence-corrected chi connectivity index (χ3v) is 3.86. The van der Waals surface area contributed by atoms with E-state index in [-0.39, 0.29) is 11.9 Å². The Bertz CT molecular complexity index is 1090. The van der Waals surface area contributed by atoms with Crippen molar-refractivity contribution in [3.63, 3.8) is 0 Å². The number of halogens is 7. The fourth-order valence-corrected chi connectivity index (χ4v) is 2.51. The van der Waals surface area contributed by atoms with Gasteiger partial charge in [0.05, 0.1) is 12.1 Å². The Hall–Kier alpha value is -3.69. The number of pyridine rings is 1. The van der Waals surface area contributed by atoms with Gasteiger partial charge >= 0.3 is 12.4 Å². The molecule has 0 unspecified atom stereocenters. The van der Waals surface area contributed by atoms with Crippen LogP contribution in [0.25, 0.3) is 5.69 Å². The van der Waals surface area contributed by atoms with Crippen molar-refractivity contribution in [1.29, 1.82) is 5.26 Å². The standard InChI is InChI=1S/C17H9F7N6/c18-9-1-3-10(4-2-9)30-8-27-29-14(30)7-26-15-11(6-25)12(16(19,20)21)5-13(28-15)17(22,23)24/h1-5,8H,7H2,(H,26,28). The van der Waals surface area contributed by atoms with E-state index in [1.165, 1.54) is 29.1 Å². The van der Waals surface area contributed by atoms with Gasteiger partial charge in [-0.3, -0.25) is 4.57 Å². The van der Waals surface area contributed by atoms with E-state index in [1.807, 2.05) is 0 Å². The molecule has 0 aliphatic carbocycles. The second kappa shape index (κ2) is 7.62. The molecule has 0 saturated heterocycles. The molecule has 0 aliphatic rings. The molecule has 2 heterocycles. The lowest BCUT2D eigenvalue weighted by atomic mass is 10.1. The molecule has 0 aliphatic heterocycles. The van der Waals surface area contributed by atoms with E-state index in [0.29, 0.717) is 5.69 Å².